The SMILES string of the molecule is O=c1c2ccccc2oc2ccc(OCCO)cc12. The predicted octanol–water partition coefficient (Wildman–Crippen LogP) is 2.32. The summed E-state index contributed by atoms with van der Waals surface area (Å²) >= 11 is 0. The van der Waals surface area contributed by atoms with Crippen LogP contribution < -0.4 is 10.2 Å². The quantitative estimate of drug-likeness (QED) is 0.730. The van der Waals surface area contributed by atoms with E-state index in [4.69, 9.17) is 14.3 Å². The molecule has 4 heteroatoms. The molecule has 0 spiro atoms. The zero-order valence-corrected chi connectivity index (χ0v) is 10.1. The molecule has 0 fully saturated rings. The molecule has 1 N–H and O–H groups in total. The number of para-hydroxylation sites is 1. The number of rotatable bonds is 3. The van der Waals surface area contributed by atoms with E-state index in [0.717, 1.165) is 0 Å². The Morgan fingerprint density at radius 3 is 2.68 bits per heavy atom. The number of hydrogen-bond donors (Lipinski definition) is 1. The standard InChI is InChI=1S/C15H12O4/c16-7-8-18-10-5-6-14-12(9-10)15(17)11-3-1-2-4-13(11)19-14/h1-6,9,16H,7-8H2. The van der Waals surface area contributed by atoms with Gasteiger partial charge in [-0.3, -0.25) is 4.79 Å². The van der Waals surface area contributed by atoms with Gasteiger partial charge < -0.3 is 14.3 Å². The molecular weight excluding hydrogens is 244 g/mol. The van der Waals surface area contributed by atoms with Crippen molar-refractivity contribution in [2.75, 3.05) is 13.2 Å². The smallest absolute Gasteiger partial charge is 0.200 e. The molecule has 4 nitrogen and oxygen atoms in total. The van der Waals surface area contributed by atoms with Crippen molar-refractivity contribution in [2.45, 2.75) is 0 Å². The molecular formula is C15H12O4. The molecule has 19 heavy (non-hydrogen) atoms. The summed E-state index contributed by atoms with van der Waals surface area (Å²) in [5.41, 5.74) is 1.02. The largest absolute Gasteiger partial charge is 0.491 e. The van der Waals surface area contributed by atoms with Crippen LogP contribution in [0.25, 0.3) is 21.9 Å². The summed E-state index contributed by atoms with van der Waals surface area (Å²) < 4.78 is 11.0. The van der Waals surface area contributed by atoms with Crippen LogP contribution in [0.15, 0.2) is 51.7 Å². The maximum Gasteiger partial charge on any atom is 0.200 e. The molecule has 1 heterocycles. The summed E-state index contributed by atoms with van der Waals surface area (Å²) in [6.07, 6.45) is 0. The van der Waals surface area contributed by atoms with Crippen molar-refractivity contribution < 1.29 is 14.3 Å². The first-order valence-corrected chi connectivity index (χ1v) is 5.99. The highest BCUT2D eigenvalue weighted by Crippen LogP contribution is 2.22. The second-order valence-corrected chi connectivity index (χ2v) is 4.16. The first kappa shape index (κ1) is 11.7. The van der Waals surface area contributed by atoms with Crippen molar-refractivity contribution in [1.82, 2.24) is 0 Å². The van der Waals surface area contributed by atoms with Crippen molar-refractivity contribution in [2.24, 2.45) is 0 Å². The lowest BCUT2D eigenvalue weighted by molar-refractivity contribution is 0.201. The number of benzene rings is 2. The molecule has 2 aromatic carbocycles. The molecule has 0 saturated carbocycles. The zero-order valence-electron chi connectivity index (χ0n) is 10.1. The van der Waals surface area contributed by atoms with Crippen LogP contribution >= 0.6 is 0 Å². The first-order chi connectivity index (χ1) is 9.29. The van der Waals surface area contributed by atoms with Gasteiger partial charge >= 0.3 is 0 Å². The summed E-state index contributed by atoms with van der Waals surface area (Å²) in [6.45, 7) is 0.134. The Morgan fingerprint density at radius 1 is 1.05 bits per heavy atom. The molecule has 3 aromatic rings. The van der Waals surface area contributed by atoms with Crippen LogP contribution in [0.5, 0.6) is 5.75 Å². The average Bonchev–Trinajstić information content (AvgIpc) is 2.46. The second kappa shape index (κ2) is 4.74. The summed E-state index contributed by atoms with van der Waals surface area (Å²) in [4.78, 5) is 12.3. The van der Waals surface area contributed by atoms with E-state index < -0.39 is 0 Å². The van der Waals surface area contributed by atoms with Crippen LogP contribution in [-0.2, 0) is 0 Å². The minimum absolute atomic E-state index is 0.0651. The van der Waals surface area contributed by atoms with Gasteiger partial charge in [0, 0.05) is 0 Å². The molecule has 0 aliphatic carbocycles. The number of ether oxygens (including phenoxy) is 1. The van der Waals surface area contributed by atoms with Gasteiger partial charge in [-0.1, -0.05) is 12.1 Å². The average molecular weight is 256 g/mol. The Bertz CT molecular complexity index is 789. The van der Waals surface area contributed by atoms with E-state index in [-0.39, 0.29) is 18.6 Å². The molecule has 0 amide bonds. The fourth-order valence-corrected chi connectivity index (χ4v) is 2.04. The third kappa shape index (κ3) is 2.06. The molecule has 0 unspecified atom stereocenters. The molecule has 0 bridgehead atoms. The van der Waals surface area contributed by atoms with Crippen LogP contribution in [0, 0.1) is 0 Å². The second-order valence-electron chi connectivity index (χ2n) is 4.16. The summed E-state index contributed by atoms with van der Waals surface area (Å²) in [5.74, 6) is 0.545. The Morgan fingerprint density at radius 2 is 1.84 bits per heavy atom. The Kier molecular flexibility index (Phi) is 2.93. The van der Waals surface area contributed by atoms with Gasteiger partial charge in [-0.05, 0) is 30.3 Å². The highest BCUT2D eigenvalue weighted by atomic mass is 16.5. The predicted molar refractivity (Wildman–Crippen MR) is 72.6 cm³/mol. The van der Waals surface area contributed by atoms with Gasteiger partial charge in [-0.15, -0.1) is 0 Å². The molecule has 0 radical (unpaired) electrons. The van der Waals surface area contributed by atoms with Gasteiger partial charge in [0.25, 0.3) is 0 Å². The Hall–Kier alpha value is -2.33. The maximum absolute atomic E-state index is 12.3. The van der Waals surface area contributed by atoms with Crippen LogP contribution in [0.3, 0.4) is 0 Å². The molecule has 0 aliphatic heterocycles. The van der Waals surface area contributed by atoms with Crippen molar-refractivity contribution in [1.29, 1.82) is 0 Å². The third-order valence-corrected chi connectivity index (χ3v) is 2.91. The van der Waals surface area contributed by atoms with E-state index in [1.54, 1.807) is 36.4 Å². The van der Waals surface area contributed by atoms with Crippen molar-refractivity contribution in [3.63, 3.8) is 0 Å². The van der Waals surface area contributed by atoms with Gasteiger partial charge in [-0.2, -0.15) is 0 Å². The van der Waals surface area contributed by atoms with Crippen molar-refractivity contribution in [3.05, 3.63) is 52.7 Å². The molecule has 0 atom stereocenters. The zero-order chi connectivity index (χ0) is 13.2. The number of aliphatic hydroxyl groups excluding tert-OH is 1. The van der Waals surface area contributed by atoms with Crippen LogP contribution in [0.1, 0.15) is 0 Å². The molecule has 0 saturated heterocycles. The molecule has 0 aliphatic rings. The Balaban J connectivity index is 2.24. The van der Waals surface area contributed by atoms with E-state index >= 15 is 0 Å². The molecule has 3 rings (SSSR count). The molecule has 96 valence electrons. The van der Waals surface area contributed by atoms with E-state index in [1.807, 2.05) is 6.07 Å². The highest BCUT2D eigenvalue weighted by molar-refractivity contribution is 5.90. The van der Waals surface area contributed by atoms with E-state index in [2.05, 4.69) is 0 Å². The van der Waals surface area contributed by atoms with E-state index in [9.17, 15) is 4.79 Å². The lowest BCUT2D eigenvalue weighted by Gasteiger charge is -2.05. The lowest BCUT2D eigenvalue weighted by atomic mass is 10.1. The summed E-state index contributed by atoms with van der Waals surface area (Å²) in [6, 6.07) is 12.2. The van der Waals surface area contributed by atoms with Gasteiger partial charge in [0.2, 0.25) is 5.43 Å². The summed E-state index contributed by atoms with van der Waals surface area (Å²) in [7, 11) is 0. The normalized spacial score (nSPS) is 11.0. The number of hydrogen-bond acceptors (Lipinski definition) is 4. The van der Waals surface area contributed by atoms with Crippen molar-refractivity contribution >= 4 is 21.9 Å². The number of aliphatic hydroxyl groups is 1. The number of fused-ring (bicyclic) bond motifs is 2. The maximum atomic E-state index is 12.3. The van der Waals surface area contributed by atoms with E-state index in [1.165, 1.54) is 0 Å². The monoisotopic (exact) mass is 256 g/mol. The fourth-order valence-electron chi connectivity index (χ4n) is 2.04. The van der Waals surface area contributed by atoms with E-state index in [0.29, 0.717) is 27.7 Å². The van der Waals surface area contributed by atoms with Gasteiger partial charge in [0.1, 0.15) is 23.5 Å². The minimum atomic E-state index is -0.0775. The van der Waals surface area contributed by atoms with Gasteiger partial charge in [0.05, 0.1) is 17.4 Å². The van der Waals surface area contributed by atoms with Crippen LogP contribution in [0.2, 0.25) is 0 Å². The fraction of sp³-hybridized carbons (Fsp3) is 0.133. The minimum Gasteiger partial charge on any atom is -0.491 e. The van der Waals surface area contributed by atoms with Crippen LogP contribution in [-0.4, -0.2) is 18.3 Å². The third-order valence-electron chi connectivity index (χ3n) is 2.91. The highest BCUT2D eigenvalue weighted by Gasteiger charge is 2.08. The lowest BCUT2D eigenvalue weighted by Crippen LogP contribution is -2.04. The van der Waals surface area contributed by atoms with Gasteiger partial charge in [-0.25, -0.2) is 0 Å². The summed E-state index contributed by atoms with van der Waals surface area (Å²) in [5, 5.41) is 9.76. The van der Waals surface area contributed by atoms with Gasteiger partial charge in [0.15, 0.2) is 0 Å². The topological polar surface area (TPSA) is 59.7 Å². The first-order valence-electron chi connectivity index (χ1n) is 5.99. The Labute approximate surface area is 108 Å². The molecule has 1 aromatic heterocycles. The van der Waals surface area contributed by atoms with Crippen molar-refractivity contribution in [3.8, 4) is 5.75 Å². The van der Waals surface area contributed by atoms with Crippen LogP contribution in [0.4, 0.5) is 0 Å².